The van der Waals surface area contributed by atoms with Gasteiger partial charge in [0.2, 0.25) is 0 Å². The highest BCUT2D eigenvalue weighted by molar-refractivity contribution is 6.16. The Morgan fingerprint density at radius 1 is 0.327 bits per heavy atom. The molecule has 3 heterocycles. The minimum atomic E-state index is 0.582. The Hall–Kier alpha value is -7.11. The van der Waals surface area contributed by atoms with Crippen LogP contribution in [0, 0.1) is 0 Å². The van der Waals surface area contributed by atoms with E-state index in [9.17, 15) is 0 Å². The minimum absolute atomic E-state index is 0.582. The van der Waals surface area contributed by atoms with E-state index in [-0.39, 0.29) is 0 Å². The Bertz CT molecular complexity index is 3190. The number of furan rings is 2. The molecule has 3 aromatic heterocycles. The summed E-state index contributed by atoms with van der Waals surface area (Å²) in [4.78, 5) is 15.4. The summed E-state index contributed by atoms with van der Waals surface area (Å²) in [5, 5.41) is 8.92. The number of rotatable bonds is 4. The largest absolute Gasteiger partial charge is 0.456 e. The van der Waals surface area contributed by atoms with E-state index in [1.54, 1.807) is 0 Å². The van der Waals surface area contributed by atoms with Crippen LogP contribution >= 0.6 is 0 Å². The first-order valence-electron chi connectivity index (χ1n) is 17.3. The van der Waals surface area contributed by atoms with Crippen LogP contribution in [0.2, 0.25) is 0 Å². The fourth-order valence-corrected chi connectivity index (χ4v) is 7.63. The molecule has 0 N–H and O–H groups in total. The van der Waals surface area contributed by atoms with E-state index in [0.717, 1.165) is 77.1 Å². The van der Waals surface area contributed by atoms with E-state index in [0.29, 0.717) is 17.5 Å². The van der Waals surface area contributed by atoms with Crippen molar-refractivity contribution in [2.75, 3.05) is 0 Å². The summed E-state index contributed by atoms with van der Waals surface area (Å²) in [5.41, 5.74) is 7.98. The molecular formula is C47H27N3O2. The standard InChI is InChI=1S/C47H27N3O2/c1-2-11-29(12-3-1)45-48-46(32-21-22-34-30(26-32)19-18-28-10-4-5-13-33(28)34)50-47(49-45)39-25-24-35(44-43(39)38-15-7-9-17-41(38)52-44)31-20-23-37-36-14-6-8-16-40(36)51-42(37)27-31/h1-27H. The van der Waals surface area contributed by atoms with Crippen molar-refractivity contribution in [2.24, 2.45) is 0 Å². The van der Waals surface area contributed by atoms with E-state index < -0.39 is 0 Å². The molecule has 0 spiro atoms. The van der Waals surface area contributed by atoms with Gasteiger partial charge in [0.1, 0.15) is 22.3 Å². The quantitative estimate of drug-likeness (QED) is 0.175. The third-order valence-electron chi connectivity index (χ3n) is 10.1. The molecule has 5 heteroatoms. The molecule has 8 aromatic carbocycles. The molecule has 0 aliphatic carbocycles. The smallest absolute Gasteiger partial charge is 0.164 e. The van der Waals surface area contributed by atoms with Crippen LogP contribution in [0.5, 0.6) is 0 Å². The second kappa shape index (κ2) is 11.2. The lowest BCUT2D eigenvalue weighted by atomic mass is 9.97. The van der Waals surface area contributed by atoms with Gasteiger partial charge in [-0.15, -0.1) is 0 Å². The molecule has 0 atom stereocenters. The summed E-state index contributed by atoms with van der Waals surface area (Å²) in [6, 6.07) is 56.3. The molecule has 0 fully saturated rings. The fourth-order valence-electron chi connectivity index (χ4n) is 7.63. The average molecular weight is 666 g/mol. The summed E-state index contributed by atoms with van der Waals surface area (Å²) in [6.45, 7) is 0. The SMILES string of the molecule is c1ccc(-c2nc(-c3ccc4c(ccc5ccccc54)c3)nc(-c3ccc(-c4ccc5c(c4)oc4ccccc45)c4oc5ccccc5c34)n2)cc1. The number of aromatic nitrogens is 3. The van der Waals surface area contributed by atoms with Gasteiger partial charge < -0.3 is 8.83 Å². The van der Waals surface area contributed by atoms with Gasteiger partial charge in [0.25, 0.3) is 0 Å². The lowest BCUT2D eigenvalue weighted by Crippen LogP contribution is -2.00. The first kappa shape index (κ1) is 28.7. The van der Waals surface area contributed by atoms with Gasteiger partial charge in [-0.05, 0) is 69.6 Å². The van der Waals surface area contributed by atoms with E-state index in [1.165, 1.54) is 16.2 Å². The minimum Gasteiger partial charge on any atom is -0.456 e. The van der Waals surface area contributed by atoms with Gasteiger partial charge in [-0.2, -0.15) is 0 Å². The zero-order valence-electron chi connectivity index (χ0n) is 27.7. The number of fused-ring (bicyclic) bond motifs is 9. The number of benzene rings is 8. The lowest BCUT2D eigenvalue weighted by Gasteiger charge is -2.11. The van der Waals surface area contributed by atoms with Gasteiger partial charge in [0.05, 0.1) is 0 Å². The van der Waals surface area contributed by atoms with Crippen molar-refractivity contribution in [3.05, 3.63) is 164 Å². The van der Waals surface area contributed by atoms with Crippen molar-refractivity contribution in [1.82, 2.24) is 15.0 Å². The third-order valence-corrected chi connectivity index (χ3v) is 10.1. The van der Waals surface area contributed by atoms with Crippen LogP contribution in [0.1, 0.15) is 0 Å². The van der Waals surface area contributed by atoms with Crippen molar-refractivity contribution in [3.8, 4) is 45.3 Å². The maximum absolute atomic E-state index is 6.68. The molecule has 11 rings (SSSR count). The molecule has 242 valence electrons. The zero-order valence-corrected chi connectivity index (χ0v) is 27.7. The molecule has 0 radical (unpaired) electrons. The van der Waals surface area contributed by atoms with Crippen LogP contribution in [-0.2, 0) is 0 Å². The summed E-state index contributed by atoms with van der Waals surface area (Å²) in [7, 11) is 0. The number of nitrogens with zero attached hydrogens (tertiary/aromatic N) is 3. The molecular weight excluding hydrogens is 639 g/mol. The van der Waals surface area contributed by atoms with Gasteiger partial charge in [-0.1, -0.05) is 121 Å². The molecule has 0 bridgehead atoms. The maximum atomic E-state index is 6.68. The van der Waals surface area contributed by atoms with Crippen LogP contribution in [0.15, 0.2) is 173 Å². The van der Waals surface area contributed by atoms with E-state index in [4.69, 9.17) is 23.8 Å². The number of para-hydroxylation sites is 2. The van der Waals surface area contributed by atoms with Crippen molar-refractivity contribution < 1.29 is 8.83 Å². The highest BCUT2D eigenvalue weighted by Crippen LogP contribution is 2.43. The van der Waals surface area contributed by atoms with Crippen molar-refractivity contribution in [3.63, 3.8) is 0 Å². The first-order valence-corrected chi connectivity index (χ1v) is 17.3. The molecule has 0 saturated carbocycles. The van der Waals surface area contributed by atoms with Gasteiger partial charge in [0.15, 0.2) is 17.5 Å². The molecule has 0 saturated heterocycles. The van der Waals surface area contributed by atoms with Crippen LogP contribution in [0.25, 0.3) is 111 Å². The number of hydrogen-bond acceptors (Lipinski definition) is 5. The average Bonchev–Trinajstić information content (AvgIpc) is 3.79. The Morgan fingerprint density at radius 3 is 1.79 bits per heavy atom. The van der Waals surface area contributed by atoms with Crippen molar-refractivity contribution in [1.29, 1.82) is 0 Å². The molecule has 0 amide bonds. The molecule has 0 aliphatic rings. The predicted octanol–water partition coefficient (Wildman–Crippen LogP) is 12.6. The Morgan fingerprint density at radius 2 is 0.923 bits per heavy atom. The topological polar surface area (TPSA) is 65.0 Å². The number of hydrogen-bond donors (Lipinski definition) is 0. The van der Waals surface area contributed by atoms with Crippen LogP contribution in [0.3, 0.4) is 0 Å². The first-order chi connectivity index (χ1) is 25.7. The Kier molecular flexibility index (Phi) is 6.18. The maximum Gasteiger partial charge on any atom is 0.164 e. The molecule has 0 aliphatic heterocycles. The lowest BCUT2D eigenvalue weighted by molar-refractivity contribution is 0.668. The summed E-state index contributed by atoms with van der Waals surface area (Å²) >= 11 is 0. The van der Waals surface area contributed by atoms with Crippen LogP contribution in [0.4, 0.5) is 0 Å². The molecule has 5 nitrogen and oxygen atoms in total. The highest BCUT2D eigenvalue weighted by atomic mass is 16.3. The molecule has 11 aromatic rings. The van der Waals surface area contributed by atoms with Gasteiger partial charge >= 0.3 is 0 Å². The monoisotopic (exact) mass is 665 g/mol. The van der Waals surface area contributed by atoms with E-state index >= 15 is 0 Å². The highest BCUT2D eigenvalue weighted by Gasteiger charge is 2.21. The normalized spacial score (nSPS) is 11.8. The van der Waals surface area contributed by atoms with Crippen molar-refractivity contribution in [2.45, 2.75) is 0 Å². The van der Waals surface area contributed by atoms with Crippen LogP contribution < -0.4 is 0 Å². The summed E-state index contributed by atoms with van der Waals surface area (Å²) in [5.74, 6) is 1.80. The second-order valence-electron chi connectivity index (χ2n) is 13.2. The van der Waals surface area contributed by atoms with E-state index in [2.05, 4.69) is 97.1 Å². The van der Waals surface area contributed by atoms with Crippen molar-refractivity contribution >= 4 is 65.4 Å². The molecule has 0 unspecified atom stereocenters. The second-order valence-corrected chi connectivity index (χ2v) is 13.2. The van der Waals surface area contributed by atoms with E-state index in [1.807, 2.05) is 66.7 Å². The predicted molar refractivity (Wildman–Crippen MR) is 211 cm³/mol. The summed E-state index contributed by atoms with van der Waals surface area (Å²) in [6.07, 6.45) is 0. The van der Waals surface area contributed by atoms with Gasteiger partial charge in [0, 0.05) is 43.8 Å². The molecule has 52 heavy (non-hydrogen) atoms. The summed E-state index contributed by atoms with van der Waals surface area (Å²) < 4.78 is 13.0. The van der Waals surface area contributed by atoms with Gasteiger partial charge in [-0.3, -0.25) is 0 Å². The van der Waals surface area contributed by atoms with Gasteiger partial charge in [-0.25, -0.2) is 15.0 Å². The Labute approximate surface area is 297 Å². The third kappa shape index (κ3) is 4.46. The Balaban J connectivity index is 1.14. The fraction of sp³-hybridized carbons (Fsp3) is 0. The zero-order chi connectivity index (χ0) is 34.2. The van der Waals surface area contributed by atoms with Crippen LogP contribution in [-0.4, -0.2) is 15.0 Å².